The second kappa shape index (κ2) is 2.41. The van der Waals surface area contributed by atoms with Gasteiger partial charge in [-0.15, -0.1) is 0 Å². The monoisotopic (exact) mass is 164 g/mol. The maximum Gasteiger partial charge on any atom is 0.225 e. The Bertz CT molecular complexity index is 306. The van der Waals surface area contributed by atoms with Crippen molar-refractivity contribution in [3.63, 3.8) is 0 Å². The highest BCUT2D eigenvalue weighted by molar-refractivity contribution is 6.48. The molecule has 0 aliphatic heterocycles. The van der Waals surface area contributed by atoms with Gasteiger partial charge in [0.2, 0.25) is 11.6 Å². The fraction of sp³-hybridized carbons (Fsp3) is 0.400. The third kappa shape index (κ3) is 0.876. The summed E-state index contributed by atoms with van der Waals surface area (Å²) in [7, 11) is 0. The Labute approximate surface area is 72.0 Å². The summed E-state index contributed by atoms with van der Waals surface area (Å²) < 4.78 is 0. The number of ketones is 2. The molecule has 64 valence electrons. The van der Waals surface area contributed by atoms with E-state index in [0.29, 0.717) is 5.57 Å². The lowest BCUT2D eigenvalue weighted by atomic mass is 9.84. The Morgan fingerprint density at radius 2 is 1.83 bits per heavy atom. The minimum Gasteiger partial charge on any atom is -0.289 e. The van der Waals surface area contributed by atoms with Crippen LogP contribution in [0.5, 0.6) is 0 Å². The molecule has 0 heterocycles. The van der Waals surface area contributed by atoms with E-state index >= 15 is 0 Å². The zero-order chi connectivity index (χ0) is 9.52. The lowest BCUT2D eigenvalue weighted by Crippen LogP contribution is -2.24. The molecule has 0 spiro atoms. The van der Waals surface area contributed by atoms with Crippen LogP contribution in [-0.2, 0) is 9.59 Å². The molecule has 1 aliphatic rings. The first kappa shape index (κ1) is 8.91. The Hall–Kier alpha value is -1.18. The molecule has 0 aromatic rings. The predicted molar refractivity (Wildman–Crippen MR) is 46.7 cm³/mol. The van der Waals surface area contributed by atoms with Crippen LogP contribution in [-0.4, -0.2) is 11.6 Å². The van der Waals surface area contributed by atoms with Crippen LogP contribution >= 0.6 is 0 Å². The van der Waals surface area contributed by atoms with Gasteiger partial charge in [0.1, 0.15) is 0 Å². The zero-order valence-electron chi connectivity index (χ0n) is 7.60. The van der Waals surface area contributed by atoms with Crippen LogP contribution in [0, 0.1) is 5.41 Å². The van der Waals surface area contributed by atoms with Crippen molar-refractivity contribution in [3.8, 4) is 0 Å². The highest BCUT2D eigenvalue weighted by Gasteiger charge is 2.43. The van der Waals surface area contributed by atoms with Crippen LogP contribution in [0.15, 0.2) is 23.8 Å². The number of carbonyl (C=O) groups excluding carboxylic acids is 2. The van der Waals surface area contributed by atoms with E-state index in [1.54, 1.807) is 26.8 Å². The molecule has 0 radical (unpaired) electrons. The summed E-state index contributed by atoms with van der Waals surface area (Å²) in [5.74, 6) is -0.690. The molecule has 0 unspecified atom stereocenters. The normalized spacial score (nSPS) is 21.9. The molecule has 0 atom stereocenters. The van der Waals surface area contributed by atoms with Gasteiger partial charge >= 0.3 is 0 Å². The topological polar surface area (TPSA) is 34.1 Å². The Balaban J connectivity index is 3.35. The lowest BCUT2D eigenvalue weighted by Gasteiger charge is -2.16. The molecule has 2 nitrogen and oxygen atoms in total. The minimum absolute atomic E-state index is 0.324. The molecular weight excluding hydrogens is 152 g/mol. The SMILES string of the molecule is C=CC1=C(C)C(=O)C(=O)C1(C)C. The van der Waals surface area contributed by atoms with E-state index in [1.807, 2.05) is 0 Å². The summed E-state index contributed by atoms with van der Waals surface area (Å²) in [6.07, 6.45) is 1.60. The summed E-state index contributed by atoms with van der Waals surface area (Å²) in [5.41, 5.74) is 0.639. The number of Topliss-reactive ketones (excluding diaryl/α,β-unsaturated/α-hetero) is 2. The number of hydrogen-bond acceptors (Lipinski definition) is 2. The maximum absolute atomic E-state index is 11.4. The molecule has 12 heavy (non-hydrogen) atoms. The molecule has 0 saturated carbocycles. The molecule has 0 aromatic heterocycles. The molecular formula is C10H12O2. The largest absolute Gasteiger partial charge is 0.289 e. The average molecular weight is 164 g/mol. The third-order valence-electron chi connectivity index (χ3n) is 2.40. The van der Waals surface area contributed by atoms with Crippen LogP contribution < -0.4 is 0 Å². The summed E-state index contributed by atoms with van der Waals surface area (Å²) >= 11 is 0. The molecule has 0 saturated heterocycles. The standard InChI is InChI=1S/C10H12O2/c1-5-7-6(2)8(11)9(12)10(7,3)4/h5H,1H2,2-4H3. The summed E-state index contributed by atoms with van der Waals surface area (Å²) in [4.78, 5) is 22.6. The molecule has 0 amide bonds. The number of rotatable bonds is 1. The average Bonchev–Trinajstić information content (AvgIpc) is 2.13. The van der Waals surface area contributed by atoms with Crippen LogP contribution in [0.4, 0.5) is 0 Å². The van der Waals surface area contributed by atoms with Gasteiger partial charge in [-0.25, -0.2) is 0 Å². The van der Waals surface area contributed by atoms with Crippen molar-refractivity contribution in [2.24, 2.45) is 5.41 Å². The first-order chi connectivity index (χ1) is 5.42. The van der Waals surface area contributed by atoms with Crippen molar-refractivity contribution < 1.29 is 9.59 Å². The summed E-state index contributed by atoms with van der Waals surface area (Å²) in [6, 6.07) is 0. The van der Waals surface area contributed by atoms with Gasteiger partial charge < -0.3 is 0 Å². The van der Waals surface area contributed by atoms with Gasteiger partial charge in [0, 0.05) is 5.57 Å². The highest BCUT2D eigenvalue weighted by Crippen LogP contribution is 2.37. The van der Waals surface area contributed by atoms with Gasteiger partial charge in [0.25, 0.3) is 0 Å². The van der Waals surface area contributed by atoms with Crippen molar-refractivity contribution in [1.82, 2.24) is 0 Å². The van der Waals surface area contributed by atoms with Crippen molar-refractivity contribution in [2.45, 2.75) is 20.8 Å². The van der Waals surface area contributed by atoms with Gasteiger partial charge in [0.15, 0.2) is 0 Å². The second-order valence-corrected chi connectivity index (χ2v) is 3.53. The van der Waals surface area contributed by atoms with Gasteiger partial charge in [-0.2, -0.15) is 0 Å². The maximum atomic E-state index is 11.4. The molecule has 1 aliphatic carbocycles. The van der Waals surface area contributed by atoms with Gasteiger partial charge in [-0.3, -0.25) is 9.59 Å². The second-order valence-electron chi connectivity index (χ2n) is 3.53. The van der Waals surface area contributed by atoms with Crippen LogP contribution in [0.2, 0.25) is 0 Å². The van der Waals surface area contributed by atoms with Crippen molar-refractivity contribution in [3.05, 3.63) is 23.8 Å². The number of carbonyl (C=O) groups is 2. The van der Waals surface area contributed by atoms with E-state index in [4.69, 9.17) is 0 Å². The predicted octanol–water partition coefficient (Wildman–Crippen LogP) is 1.67. The zero-order valence-corrected chi connectivity index (χ0v) is 7.60. The molecule has 0 bridgehead atoms. The summed E-state index contributed by atoms with van der Waals surface area (Å²) in [5, 5.41) is 0. The van der Waals surface area contributed by atoms with E-state index in [9.17, 15) is 9.59 Å². The van der Waals surface area contributed by atoms with E-state index in [1.165, 1.54) is 0 Å². The Morgan fingerprint density at radius 1 is 1.33 bits per heavy atom. The Morgan fingerprint density at radius 3 is 2.00 bits per heavy atom. The summed E-state index contributed by atoms with van der Waals surface area (Å²) in [6.45, 7) is 8.77. The van der Waals surface area contributed by atoms with Crippen molar-refractivity contribution in [1.29, 1.82) is 0 Å². The molecule has 1 rings (SSSR count). The fourth-order valence-electron chi connectivity index (χ4n) is 1.58. The molecule has 0 N–H and O–H groups in total. The number of hydrogen-bond donors (Lipinski definition) is 0. The quantitative estimate of drug-likeness (QED) is 0.552. The van der Waals surface area contributed by atoms with Crippen LogP contribution in [0.3, 0.4) is 0 Å². The van der Waals surface area contributed by atoms with Crippen molar-refractivity contribution in [2.75, 3.05) is 0 Å². The molecule has 0 aromatic carbocycles. The Kier molecular flexibility index (Phi) is 1.79. The van der Waals surface area contributed by atoms with E-state index in [-0.39, 0.29) is 11.6 Å². The third-order valence-corrected chi connectivity index (χ3v) is 2.40. The highest BCUT2D eigenvalue weighted by atomic mass is 16.2. The first-order valence-corrected chi connectivity index (χ1v) is 3.86. The molecule has 2 heteroatoms. The van der Waals surface area contributed by atoms with Gasteiger partial charge in [0.05, 0.1) is 5.41 Å². The van der Waals surface area contributed by atoms with Crippen LogP contribution in [0.1, 0.15) is 20.8 Å². The smallest absolute Gasteiger partial charge is 0.225 e. The van der Waals surface area contributed by atoms with Crippen molar-refractivity contribution >= 4 is 11.6 Å². The first-order valence-electron chi connectivity index (χ1n) is 3.86. The van der Waals surface area contributed by atoms with Gasteiger partial charge in [-0.1, -0.05) is 12.7 Å². The van der Waals surface area contributed by atoms with E-state index in [0.717, 1.165) is 5.57 Å². The van der Waals surface area contributed by atoms with E-state index < -0.39 is 5.41 Å². The number of allylic oxidation sites excluding steroid dienone is 3. The van der Waals surface area contributed by atoms with Gasteiger partial charge in [-0.05, 0) is 26.3 Å². The van der Waals surface area contributed by atoms with Crippen LogP contribution in [0.25, 0.3) is 0 Å². The lowest BCUT2D eigenvalue weighted by molar-refractivity contribution is -0.137. The van der Waals surface area contributed by atoms with E-state index in [2.05, 4.69) is 6.58 Å². The minimum atomic E-state index is -0.664. The molecule has 0 fully saturated rings. The fourth-order valence-corrected chi connectivity index (χ4v) is 1.58.